The zero-order valence-electron chi connectivity index (χ0n) is 9.06. The number of oxazole rings is 1. The molecule has 0 aliphatic carbocycles. The predicted molar refractivity (Wildman–Crippen MR) is 59.3 cm³/mol. The van der Waals surface area contributed by atoms with Crippen molar-refractivity contribution in [3.8, 4) is 0 Å². The van der Waals surface area contributed by atoms with Gasteiger partial charge in [0.25, 0.3) is 0 Å². The molecule has 16 heavy (non-hydrogen) atoms. The summed E-state index contributed by atoms with van der Waals surface area (Å²) >= 11 is 0. The number of hydrogen-bond acceptors (Lipinski definition) is 3. The van der Waals surface area contributed by atoms with Gasteiger partial charge < -0.3 is 9.52 Å². The molecule has 4 nitrogen and oxygen atoms in total. The predicted octanol–water partition coefficient (Wildman–Crippen LogP) is 2.41. The van der Waals surface area contributed by atoms with Gasteiger partial charge in [-0.15, -0.1) is 0 Å². The first-order valence-corrected chi connectivity index (χ1v) is 5.29. The molecule has 84 valence electrons. The van der Waals surface area contributed by atoms with E-state index >= 15 is 0 Å². The van der Waals surface area contributed by atoms with Crippen LogP contribution in [0.5, 0.6) is 0 Å². The Hall–Kier alpha value is -1.84. The Morgan fingerprint density at radius 2 is 2.31 bits per heavy atom. The molecule has 1 aromatic heterocycles. The number of carboxylic acid groups (broad SMARTS) is 1. The number of carbonyl (C=O) groups is 1. The topological polar surface area (TPSA) is 63.3 Å². The summed E-state index contributed by atoms with van der Waals surface area (Å²) < 4.78 is 5.47. The van der Waals surface area contributed by atoms with E-state index in [9.17, 15) is 4.79 Å². The summed E-state index contributed by atoms with van der Waals surface area (Å²) in [5.41, 5.74) is 2.54. The summed E-state index contributed by atoms with van der Waals surface area (Å²) in [5.74, 6) is -0.0696. The third-order valence-electron chi connectivity index (χ3n) is 2.43. The Balaban J connectivity index is 2.25. The number of aryl methyl sites for hydroxylation is 2. The summed E-state index contributed by atoms with van der Waals surface area (Å²) in [4.78, 5) is 14.8. The first-order valence-electron chi connectivity index (χ1n) is 5.29. The van der Waals surface area contributed by atoms with Crippen LogP contribution in [0.25, 0.3) is 11.1 Å². The second kappa shape index (κ2) is 4.35. The van der Waals surface area contributed by atoms with E-state index in [1.165, 1.54) is 0 Å². The molecule has 1 heterocycles. The maximum atomic E-state index is 10.5. The van der Waals surface area contributed by atoms with Gasteiger partial charge in [-0.2, -0.15) is 0 Å². The number of rotatable bonds is 4. The molecule has 2 rings (SSSR count). The number of fused-ring (bicyclic) bond motifs is 1. The van der Waals surface area contributed by atoms with Crippen molar-refractivity contribution in [3.05, 3.63) is 29.7 Å². The third kappa shape index (κ3) is 2.21. The molecular formula is C12H13NO3. The number of carboxylic acids is 1. The van der Waals surface area contributed by atoms with E-state index < -0.39 is 5.97 Å². The Morgan fingerprint density at radius 3 is 3.00 bits per heavy atom. The van der Waals surface area contributed by atoms with Crippen molar-refractivity contribution in [3.63, 3.8) is 0 Å². The van der Waals surface area contributed by atoms with Crippen molar-refractivity contribution in [1.29, 1.82) is 0 Å². The highest BCUT2D eigenvalue weighted by molar-refractivity contribution is 5.74. The number of aliphatic carboxylic acids is 1. The molecule has 0 atom stereocenters. The molecule has 0 unspecified atom stereocenters. The molecule has 0 aliphatic heterocycles. The van der Waals surface area contributed by atoms with E-state index in [-0.39, 0.29) is 6.42 Å². The first-order chi connectivity index (χ1) is 7.69. The zero-order valence-corrected chi connectivity index (χ0v) is 9.06. The fraction of sp³-hybridized carbons (Fsp3) is 0.333. The van der Waals surface area contributed by atoms with Gasteiger partial charge in [0.1, 0.15) is 5.52 Å². The van der Waals surface area contributed by atoms with Gasteiger partial charge in [0.2, 0.25) is 0 Å². The zero-order chi connectivity index (χ0) is 11.5. The van der Waals surface area contributed by atoms with Gasteiger partial charge in [0, 0.05) is 12.8 Å². The van der Waals surface area contributed by atoms with Gasteiger partial charge in [-0.25, -0.2) is 4.98 Å². The van der Waals surface area contributed by atoms with Gasteiger partial charge in [0.15, 0.2) is 11.5 Å². The SMILES string of the molecule is CCc1nc2cc(CCC(=O)O)ccc2o1. The third-order valence-corrected chi connectivity index (χ3v) is 2.43. The number of aromatic nitrogens is 1. The van der Waals surface area contributed by atoms with Crippen molar-refractivity contribution in [1.82, 2.24) is 4.98 Å². The van der Waals surface area contributed by atoms with Crippen molar-refractivity contribution < 1.29 is 14.3 Å². The van der Waals surface area contributed by atoms with Crippen LogP contribution in [-0.4, -0.2) is 16.1 Å². The van der Waals surface area contributed by atoms with Gasteiger partial charge in [-0.3, -0.25) is 4.79 Å². The van der Waals surface area contributed by atoms with Gasteiger partial charge in [-0.1, -0.05) is 13.0 Å². The second-order valence-electron chi connectivity index (χ2n) is 3.66. The molecule has 0 radical (unpaired) electrons. The Bertz CT molecular complexity index is 516. The van der Waals surface area contributed by atoms with E-state index in [4.69, 9.17) is 9.52 Å². The van der Waals surface area contributed by atoms with Crippen LogP contribution < -0.4 is 0 Å². The van der Waals surface area contributed by atoms with Gasteiger partial charge in [0.05, 0.1) is 0 Å². The number of hydrogen-bond donors (Lipinski definition) is 1. The lowest BCUT2D eigenvalue weighted by Gasteiger charge is -1.96. The van der Waals surface area contributed by atoms with Crippen molar-refractivity contribution in [2.75, 3.05) is 0 Å². The normalized spacial score (nSPS) is 10.8. The van der Waals surface area contributed by atoms with Crippen LogP contribution in [0.2, 0.25) is 0 Å². The van der Waals surface area contributed by atoms with Crippen LogP contribution in [0.1, 0.15) is 24.8 Å². The molecule has 2 aromatic rings. The molecule has 4 heteroatoms. The lowest BCUT2D eigenvalue weighted by Crippen LogP contribution is -1.97. The van der Waals surface area contributed by atoms with Crippen LogP contribution in [-0.2, 0) is 17.6 Å². The molecule has 1 aromatic carbocycles. The second-order valence-corrected chi connectivity index (χ2v) is 3.66. The van der Waals surface area contributed by atoms with Crippen molar-refractivity contribution >= 4 is 17.1 Å². The monoisotopic (exact) mass is 219 g/mol. The first kappa shape index (κ1) is 10.7. The number of nitrogens with zero attached hydrogens (tertiary/aromatic N) is 1. The van der Waals surface area contributed by atoms with Crippen LogP contribution in [0.15, 0.2) is 22.6 Å². The lowest BCUT2D eigenvalue weighted by molar-refractivity contribution is -0.136. The molecule has 0 fully saturated rings. The fourth-order valence-electron chi connectivity index (χ4n) is 1.58. The molecule has 0 saturated heterocycles. The Kier molecular flexibility index (Phi) is 2.90. The van der Waals surface area contributed by atoms with E-state index in [0.717, 1.165) is 23.1 Å². The maximum absolute atomic E-state index is 10.5. The Labute approximate surface area is 92.9 Å². The molecule has 0 bridgehead atoms. The Morgan fingerprint density at radius 1 is 1.50 bits per heavy atom. The summed E-state index contributed by atoms with van der Waals surface area (Å²) in [6, 6.07) is 5.62. The van der Waals surface area contributed by atoms with Crippen LogP contribution in [0.3, 0.4) is 0 Å². The summed E-state index contributed by atoms with van der Waals surface area (Å²) in [6.45, 7) is 1.98. The molecule has 0 aliphatic rings. The highest BCUT2D eigenvalue weighted by Gasteiger charge is 2.05. The minimum atomic E-state index is -0.783. The molecule has 1 N–H and O–H groups in total. The highest BCUT2D eigenvalue weighted by Crippen LogP contribution is 2.18. The van der Waals surface area contributed by atoms with E-state index in [2.05, 4.69) is 4.98 Å². The van der Waals surface area contributed by atoms with E-state index in [1.807, 2.05) is 25.1 Å². The van der Waals surface area contributed by atoms with Crippen LogP contribution in [0, 0.1) is 0 Å². The molecule has 0 spiro atoms. The van der Waals surface area contributed by atoms with Crippen molar-refractivity contribution in [2.24, 2.45) is 0 Å². The lowest BCUT2D eigenvalue weighted by atomic mass is 10.1. The quantitative estimate of drug-likeness (QED) is 0.857. The average Bonchev–Trinajstić information content (AvgIpc) is 2.68. The van der Waals surface area contributed by atoms with Crippen LogP contribution in [0.4, 0.5) is 0 Å². The summed E-state index contributed by atoms with van der Waals surface area (Å²) in [5, 5.41) is 8.60. The fourth-order valence-corrected chi connectivity index (χ4v) is 1.58. The molecular weight excluding hydrogens is 206 g/mol. The standard InChI is InChI=1S/C12H13NO3/c1-2-11-13-9-7-8(4-6-12(14)15)3-5-10(9)16-11/h3,5,7H,2,4,6H2,1H3,(H,14,15). The largest absolute Gasteiger partial charge is 0.481 e. The van der Waals surface area contributed by atoms with Gasteiger partial charge in [-0.05, 0) is 24.1 Å². The van der Waals surface area contributed by atoms with E-state index in [0.29, 0.717) is 12.3 Å². The van der Waals surface area contributed by atoms with Crippen molar-refractivity contribution in [2.45, 2.75) is 26.2 Å². The smallest absolute Gasteiger partial charge is 0.303 e. The molecule has 0 amide bonds. The molecule has 0 saturated carbocycles. The maximum Gasteiger partial charge on any atom is 0.303 e. The van der Waals surface area contributed by atoms with Crippen LogP contribution >= 0.6 is 0 Å². The van der Waals surface area contributed by atoms with E-state index in [1.54, 1.807) is 0 Å². The highest BCUT2D eigenvalue weighted by atomic mass is 16.4. The summed E-state index contributed by atoms with van der Waals surface area (Å²) in [7, 11) is 0. The summed E-state index contributed by atoms with van der Waals surface area (Å²) in [6.07, 6.45) is 1.43. The average molecular weight is 219 g/mol. The minimum Gasteiger partial charge on any atom is -0.481 e. The number of benzene rings is 1. The van der Waals surface area contributed by atoms with Gasteiger partial charge >= 0.3 is 5.97 Å². The minimum absolute atomic E-state index is 0.143.